The molecule has 0 bridgehead atoms. The van der Waals surface area contributed by atoms with Crippen molar-refractivity contribution in [2.24, 2.45) is 5.41 Å². The molecule has 0 fully saturated rings. The van der Waals surface area contributed by atoms with Crippen LogP contribution in [0.4, 0.5) is 0 Å². The van der Waals surface area contributed by atoms with Gasteiger partial charge in [-0.2, -0.15) is 0 Å². The van der Waals surface area contributed by atoms with Gasteiger partial charge in [0.1, 0.15) is 6.10 Å². The molecule has 0 aliphatic heterocycles. The van der Waals surface area contributed by atoms with Crippen molar-refractivity contribution in [1.29, 1.82) is 0 Å². The monoisotopic (exact) mass is 285 g/mol. The van der Waals surface area contributed by atoms with Crippen LogP contribution >= 0.6 is 0 Å². The standard InChI is InChI=1S/C18H23NO2/c1-6-21-17(18(3,4)5)16(20)14-9-10-15-13(11-14)8-7-12(2)19-15/h7-11,17H,6H2,1-5H3. The molecule has 0 aliphatic rings. The summed E-state index contributed by atoms with van der Waals surface area (Å²) in [6, 6.07) is 9.61. The molecule has 3 heteroatoms. The van der Waals surface area contributed by atoms with Crippen LogP contribution in [0.25, 0.3) is 10.9 Å². The van der Waals surface area contributed by atoms with E-state index in [4.69, 9.17) is 4.74 Å². The van der Waals surface area contributed by atoms with Gasteiger partial charge in [-0.05, 0) is 43.5 Å². The number of nitrogens with zero attached hydrogens (tertiary/aromatic N) is 1. The lowest BCUT2D eigenvalue weighted by molar-refractivity contribution is -0.000209. The molecule has 0 aliphatic carbocycles. The van der Waals surface area contributed by atoms with E-state index >= 15 is 0 Å². The molecule has 0 saturated heterocycles. The van der Waals surface area contributed by atoms with Gasteiger partial charge in [0.05, 0.1) is 5.52 Å². The minimum atomic E-state index is -0.432. The summed E-state index contributed by atoms with van der Waals surface area (Å²) in [6.07, 6.45) is -0.432. The summed E-state index contributed by atoms with van der Waals surface area (Å²) in [7, 11) is 0. The molecular weight excluding hydrogens is 262 g/mol. The lowest BCUT2D eigenvalue weighted by Gasteiger charge is -2.29. The summed E-state index contributed by atoms with van der Waals surface area (Å²) < 4.78 is 5.69. The van der Waals surface area contributed by atoms with Gasteiger partial charge >= 0.3 is 0 Å². The zero-order valence-corrected chi connectivity index (χ0v) is 13.4. The van der Waals surface area contributed by atoms with Crippen molar-refractivity contribution in [2.75, 3.05) is 6.61 Å². The van der Waals surface area contributed by atoms with Crippen LogP contribution in [0.2, 0.25) is 0 Å². The lowest BCUT2D eigenvalue weighted by Crippen LogP contribution is -2.37. The van der Waals surface area contributed by atoms with E-state index in [0.717, 1.165) is 16.6 Å². The van der Waals surface area contributed by atoms with Crippen LogP contribution in [0.3, 0.4) is 0 Å². The molecule has 0 saturated carbocycles. The molecule has 1 unspecified atom stereocenters. The summed E-state index contributed by atoms with van der Waals surface area (Å²) in [5.41, 5.74) is 2.34. The fourth-order valence-corrected chi connectivity index (χ4v) is 2.42. The minimum absolute atomic E-state index is 0.0341. The van der Waals surface area contributed by atoms with Crippen LogP contribution in [0.15, 0.2) is 30.3 Å². The number of ether oxygens (including phenoxy) is 1. The highest BCUT2D eigenvalue weighted by atomic mass is 16.5. The number of aryl methyl sites for hydroxylation is 1. The number of pyridine rings is 1. The topological polar surface area (TPSA) is 39.2 Å². The second-order valence-electron chi connectivity index (χ2n) is 6.43. The number of rotatable bonds is 4. The Hall–Kier alpha value is -1.74. The van der Waals surface area contributed by atoms with Gasteiger partial charge in [-0.25, -0.2) is 0 Å². The fourth-order valence-electron chi connectivity index (χ4n) is 2.42. The molecule has 1 aromatic heterocycles. The average molecular weight is 285 g/mol. The van der Waals surface area contributed by atoms with E-state index in [9.17, 15) is 4.79 Å². The quantitative estimate of drug-likeness (QED) is 0.791. The maximum atomic E-state index is 12.7. The predicted octanol–water partition coefficient (Wildman–Crippen LogP) is 4.18. The van der Waals surface area contributed by atoms with E-state index in [1.807, 2.05) is 65.0 Å². The molecule has 2 rings (SSSR count). The third-order valence-corrected chi connectivity index (χ3v) is 3.47. The summed E-state index contributed by atoms with van der Waals surface area (Å²) >= 11 is 0. The molecule has 3 nitrogen and oxygen atoms in total. The Morgan fingerprint density at radius 2 is 1.95 bits per heavy atom. The number of aromatic nitrogens is 1. The van der Waals surface area contributed by atoms with Gasteiger partial charge in [-0.15, -0.1) is 0 Å². The number of hydrogen-bond acceptors (Lipinski definition) is 3. The Labute approximate surface area is 126 Å². The van der Waals surface area contributed by atoms with Gasteiger partial charge in [0.2, 0.25) is 0 Å². The van der Waals surface area contributed by atoms with Crippen LogP contribution < -0.4 is 0 Å². The molecule has 1 atom stereocenters. The summed E-state index contributed by atoms with van der Waals surface area (Å²) in [5, 5.41) is 0.982. The van der Waals surface area contributed by atoms with Gasteiger partial charge in [0.15, 0.2) is 5.78 Å². The van der Waals surface area contributed by atoms with Crippen molar-refractivity contribution in [2.45, 2.75) is 40.7 Å². The van der Waals surface area contributed by atoms with Crippen LogP contribution in [-0.2, 0) is 4.74 Å². The molecule has 21 heavy (non-hydrogen) atoms. The van der Waals surface area contributed by atoms with Crippen LogP contribution in [-0.4, -0.2) is 23.5 Å². The zero-order chi connectivity index (χ0) is 15.6. The van der Waals surface area contributed by atoms with Crippen molar-refractivity contribution in [3.05, 3.63) is 41.6 Å². The first-order valence-corrected chi connectivity index (χ1v) is 7.36. The van der Waals surface area contributed by atoms with Gasteiger partial charge in [-0.3, -0.25) is 9.78 Å². The number of ketones is 1. The van der Waals surface area contributed by atoms with Gasteiger partial charge in [0, 0.05) is 23.3 Å². The van der Waals surface area contributed by atoms with E-state index in [1.165, 1.54) is 0 Å². The maximum absolute atomic E-state index is 12.7. The molecule has 1 aromatic carbocycles. The molecular formula is C18H23NO2. The van der Waals surface area contributed by atoms with Crippen molar-refractivity contribution in [3.8, 4) is 0 Å². The van der Waals surface area contributed by atoms with Gasteiger partial charge in [0.25, 0.3) is 0 Å². The SMILES string of the molecule is CCOC(C(=O)c1ccc2nc(C)ccc2c1)C(C)(C)C. The van der Waals surface area contributed by atoms with Crippen molar-refractivity contribution >= 4 is 16.7 Å². The fraction of sp³-hybridized carbons (Fsp3) is 0.444. The Balaban J connectivity index is 2.40. The number of carbonyl (C=O) groups excluding carboxylic acids is 1. The largest absolute Gasteiger partial charge is 0.370 e. The zero-order valence-electron chi connectivity index (χ0n) is 13.4. The number of benzene rings is 1. The predicted molar refractivity (Wildman–Crippen MR) is 85.7 cm³/mol. The first kappa shape index (κ1) is 15.6. The van der Waals surface area contributed by atoms with Crippen LogP contribution in [0.1, 0.15) is 43.7 Å². The number of hydrogen-bond donors (Lipinski definition) is 0. The lowest BCUT2D eigenvalue weighted by atomic mass is 9.84. The maximum Gasteiger partial charge on any atom is 0.192 e. The first-order valence-electron chi connectivity index (χ1n) is 7.36. The molecule has 1 heterocycles. The smallest absolute Gasteiger partial charge is 0.192 e. The van der Waals surface area contributed by atoms with Crippen molar-refractivity contribution in [3.63, 3.8) is 0 Å². The minimum Gasteiger partial charge on any atom is -0.370 e. The Morgan fingerprint density at radius 1 is 1.24 bits per heavy atom. The Kier molecular flexibility index (Phi) is 4.43. The second kappa shape index (κ2) is 5.94. The molecule has 0 N–H and O–H groups in total. The Bertz CT molecular complexity index is 656. The van der Waals surface area contributed by atoms with Gasteiger partial charge < -0.3 is 4.74 Å². The summed E-state index contributed by atoms with van der Waals surface area (Å²) in [4.78, 5) is 17.2. The summed E-state index contributed by atoms with van der Waals surface area (Å²) in [6.45, 7) is 10.5. The Morgan fingerprint density at radius 3 is 2.57 bits per heavy atom. The van der Waals surface area contributed by atoms with Crippen molar-refractivity contribution in [1.82, 2.24) is 4.98 Å². The molecule has 0 spiro atoms. The summed E-state index contributed by atoms with van der Waals surface area (Å²) in [5.74, 6) is 0.0341. The second-order valence-corrected chi connectivity index (χ2v) is 6.43. The highest BCUT2D eigenvalue weighted by molar-refractivity contribution is 6.02. The highest BCUT2D eigenvalue weighted by Gasteiger charge is 2.32. The number of fused-ring (bicyclic) bond motifs is 1. The average Bonchev–Trinajstić information content (AvgIpc) is 2.42. The van der Waals surface area contributed by atoms with E-state index in [-0.39, 0.29) is 11.2 Å². The first-order chi connectivity index (χ1) is 9.82. The number of carbonyl (C=O) groups is 1. The van der Waals surface area contributed by atoms with Crippen molar-refractivity contribution < 1.29 is 9.53 Å². The third kappa shape index (κ3) is 3.48. The van der Waals surface area contributed by atoms with E-state index in [0.29, 0.717) is 12.2 Å². The van der Waals surface area contributed by atoms with E-state index < -0.39 is 6.10 Å². The molecule has 0 radical (unpaired) electrons. The van der Waals surface area contributed by atoms with Crippen LogP contribution in [0.5, 0.6) is 0 Å². The van der Waals surface area contributed by atoms with E-state index in [1.54, 1.807) is 0 Å². The van der Waals surface area contributed by atoms with E-state index in [2.05, 4.69) is 4.98 Å². The number of Topliss-reactive ketones (excluding diaryl/α,β-unsaturated/α-hetero) is 1. The molecule has 0 amide bonds. The van der Waals surface area contributed by atoms with Crippen LogP contribution in [0, 0.1) is 12.3 Å². The van der Waals surface area contributed by atoms with Gasteiger partial charge in [-0.1, -0.05) is 26.8 Å². The third-order valence-electron chi connectivity index (χ3n) is 3.47. The molecule has 2 aromatic rings. The highest BCUT2D eigenvalue weighted by Crippen LogP contribution is 2.26. The normalized spacial score (nSPS) is 13.4. The molecule has 112 valence electrons.